The lowest BCUT2D eigenvalue weighted by Gasteiger charge is -2.28. The van der Waals surface area contributed by atoms with Crippen molar-refractivity contribution in [2.24, 2.45) is 0 Å². The average molecular weight is 257 g/mol. The molecule has 0 spiro atoms. The van der Waals surface area contributed by atoms with Crippen molar-refractivity contribution in [2.45, 2.75) is 39.7 Å². The molecule has 0 aliphatic carbocycles. The Bertz CT molecular complexity index is 251. The molecule has 0 rings (SSSR count). The molecule has 0 atom stereocenters. The van der Waals surface area contributed by atoms with E-state index in [4.69, 9.17) is 22.2 Å². The molecule has 0 bridgehead atoms. The first kappa shape index (κ1) is 16.1. The van der Waals surface area contributed by atoms with Gasteiger partial charge in [-0.3, -0.25) is 0 Å². The lowest BCUT2D eigenvalue weighted by molar-refractivity contribution is 0.145. The Morgan fingerprint density at radius 2 is 2.24 bits per heavy atom. The number of rotatable bonds is 8. The van der Waals surface area contributed by atoms with Gasteiger partial charge >= 0.3 is 0 Å². The van der Waals surface area contributed by atoms with E-state index in [2.05, 4.69) is 25.2 Å². The van der Waals surface area contributed by atoms with E-state index in [1.54, 1.807) is 0 Å². The lowest BCUT2D eigenvalue weighted by atomic mass is 10.3. The first-order valence-corrected chi connectivity index (χ1v) is 6.53. The summed E-state index contributed by atoms with van der Waals surface area (Å²) in [5.74, 6) is 0. The van der Waals surface area contributed by atoms with E-state index >= 15 is 0 Å². The second kappa shape index (κ2) is 10.3. The summed E-state index contributed by atoms with van der Waals surface area (Å²) in [6, 6.07) is 2.46. The van der Waals surface area contributed by atoms with Crippen LogP contribution in [0.3, 0.4) is 0 Å². The van der Waals surface area contributed by atoms with E-state index in [1.165, 1.54) is 0 Å². The molecule has 0 aliphatic rings. The van der Waals surface area contributed by atoms with Crippen LogP contribution >= 0.6 is 12.2 Å². The SMILES string of the molecule is CCOCCCNC(=S)N(CCC#N)C(C)C. The molecule has 0 aromatic heterocycles. The first-order valence-electron chi connectivity index (χ1n) is 6.12. The third-order valence-corrected chi connectivity index (χ3v) is 2.67. The van der Waals surface area contributed by atoms with Gasteiger partial charge in [-0.2, -0.15) is 5.26 Å². The third-order valence-electron chi connectivity index (χ3n) is 2.29. The van der Waals surface area contributed by atoms with Gasteiger partial charge in [0.25, 0.3) is 0 Å². The lowest BCUT2D eigenvalue weighted by Crippen LogP contribution is -2.44. The molecule has 4 nitrogen and oxygen atoms in total. The minimum atomic E-state index is 0.315. The minimum absolute atomic E-state index is 0.315. The molecule has 5 heteroatoms. The zero-order valence-electron chi connectivity index (χ0n) is 11.0. The summed E-state index contributed by atoms with van der Waals surface area (Å²) >= 11 is 5.31. The molecule has 0 saturated heterocycles. The number of ether oxygens (including phenoxy) is 1. The number of thiocarbonyl (C=S) groups is 1. The summed E-state index contributed by atoms with van der Waals surface area (Å²) in [4.78, 5) is 2.04. The van der Waals surface area contributed by atoms with Gasteiger partial charge in [-0.25, -0.2) is 0 Å². The molecular weight excluding hydrogens is 234 g/mol. The van der Waals surface area contributed by atoms with Crippen molar-refractivity contribution in [1.29, 1.82) is 5.26 Å². The number of hydrogen-bond acceptors (Lipinski definition) is 3. The zero-order chi connectivity index (χ0) is 13.1. The van der Waals surface area contributed by atoms with Crippen LogP contribution in [-0.2, 0) is 4.74 Å². The van der Waals surface area contributed by atoms with Gasteiger partial charge in [0.1, 0.15) is 0 Å². The summed E-state index contributed by atoms with van der Waals surface area (Å²) in [6.07, 6.45) is 1.44. The zero-order valence-corrected chi connectivity index (χ0v) is 11.8. The molecule has 0 aromatic rings. The van der Waals surface area contributed by atoms with Gasteiger partial charge in [0, 0.05) is 32.3 Å². The molecule has 0 saturated carbocycles. The Kier molecular flexibility index (Phi) is 9.78. The van der Waals surface area contributed by atoms with E-state index in [-0.39, 0.29) is 0 Å². The van der Waals surface area contributed by atoms with Crippen LogP contribution in [0.25, 0.3) is 0 Å². The Morgan fingerprint density at radius 1 is 1.53 bits per heavy atom. The average Bonchev–Trinajstić information content (AvgIpc) is 2.29. The van der Waals surface area contributed by atoms with Gasteiger partial charge in [-0.1, -0.05) is 0 Å². The summed E-state index contributed by atoms with van der Waals surface area (Å²) in [5.41, 5.74) is 0. The van der Waals surface area contributed by atoms with Crippen molar-refractivity contribution in [3.8, 4) is 6.07 Å². The quantitative estimate of drug-likeness (QED) is 0.532. The summed E-state index contributed by atoms with van der Waals surface area (Å²) < 4.78 is 5.25. The van der Waals surface area contributed by atoms with Crippen molar-refractivity contribution in [2.75, 3.05) is 26.3 Å². The Hall–Kier alpha value is -0.860. The van der Waals surface area contributed by atoms with Gasteiger partial charge < -0.3 is 15.0 Å². The highest BCUT2D eigenvalue weighted by atomic mass is 32.1. The van der Waals surface area contributed by atoms with Crippen LogP contribution in [0.1, 0.15) is 33.6 Å². The van der Waals surface area contributed by atoms with E-state index < -0.39 is 0 Å². The summed E-state index contributed by atoms with van der Waals surface area (Å²) in [5, 5.41) is 12.5. The van der Waals surface area contributed by atoms with Crippen molar-refractivity contribution >= 4 is 17.3 Å². The fourth-order valence-corrected chi connectivity index (χ4v) is 1.78. The fraction of sp³-hybridized carbons (Fsp3) is 0.833. The van der Waals surface area contributed by atoms with E-state index in [9.17, 15) is 0 Å². The van der Waals surface area contributed by atoms with Crippen LogP contribution < -0.4 is 5.32 Å². The number of nitrogens with one attached hydrogen (secondary N) is 1. The van der Waals surface area contributed by atoms with Gasteiger partial charge in [0.15, 0.2) is 5.11 Å². The molecule has 0 heterocycles. The molecule has 98 valence electrons. The Labute approximate surface area is 110 Å². The van der Waals surface area contributed by atoms with Crippen molar-refractivity contribution in [3.63, 3.8) is 0 Å². The maximum absolute atomic E-state index is 8.60. The highest BCUT2D eigenvalue weighted by molar-refractivity contribution is 7.80. The first-order chi connectivity index (χ1) is 8.13. The molecule has 17 heavy (non-hydrogen) atoms. The highest BCUT2D eigenvalue weighted by Gasteiger charge is 2.11. The third kappa shape index (κ3) is 7.94. The molecule has 0 aromatic carbocycles. The van der Waals surface area contributed by atoms with Gasteiger partial charge in [0.05, 0.1) is 12.5 Å². The van der Waals surface area contributed by atoms with E-state index in [0.29, 0.717) is 19.0 Å². The topological polar surface area (TPSA) is 48.3 Å². The minimum Gasteiger partial charge on any atom is -0.382 e. The van der Waals surface area contributed by atoms with Gasteiger partial charge in [-0.15, -0.1) is 0 Å². The molecule has 0 fully saturated rings. The predicted molar refractivity (Wildman–Crippen MR) is 73.8 cm³/mol. The van der Waals surface area contributed by atoms with Crippen LogP contribution in [0.4, 0.5) is 0 Å². The second-order valence-electron chi connectivity index (χ2n) is 3.98. The Morgan fingerprint density at radius 3 is 2.76 bits per heavy atom. The maximum Gasteiger partial charge on any atom is 0.169 e. The van der Waals surface area contributed by atoms with Crippen LogP contribution in [0.2, 0.25) is 0 Å². The van der Waals surface area contributed by atoms with Crippen LogP contribution in [0, 0.1) is 11.3 Å². The predicted octanol–water partition coefficient (Wildman–Crippen LogP) is 1.91. The summed E-state index contributed by atoms with van der Waals surface area (Å²) in [6.45, 7) is 9.15. The molecular formula is C12H23N3OS. The van der Waals surface area contributed by atoms with Gasteiger partial charge in [-0.05, 0) is 39.4 Å². The van der Waals surface area contributed by atoms with Crippen LogP contribution in [0.15, 0.2) is 0 Å². The van der Waals surface area contributed by atoms with E-state index in [1.807, 2.05) is 11.8 Å². The van der Waals surface area contributed by atoms with Crippen LogP contribution in [-0.4, -0.2) is 42.4 Å². The fourth-order valence-electron chi connectivity index (χ4n) is 1.38. The van der Waals surface area contributed by atoms with Crippen molar-refractivity contribution in [3.05, 3.63) is 0 Å². The standard InChI is InChI=1S/C12H23N3OS/c1-4-16-10-6-8-14-12(17)15(11(2)3)9-5-7-13/h11H,4-6,8-10H2,1-3H3,(H,14,17). The molecule has 0 radical (unpaired) electrons. The number of nitriles is 1. The maximum atomic E-state index is 8.60. The van der Waals surface area contributed by atoms with Gasteiger partial charge in [0.2, 0.25) is 0 Å². The van der Waals surface area contributed by atoms with Crippen LogP contribution in [0.5, 0.6) is 0 Å². The largest absolute Gasteiger partial charge is 0.382 e. The smallest absolute Gasteiger partial charge is 0.169 e. The highest BCUT2D eigenvalue weighted by Crippen LogP contribution is 2.00. The number of nitrogens with zero attached hydrogens (tertiary/aromatic N) is 2. The molecule has 0 aliphatic heterocycles. The van der Waals surface area contributed by atoms with Crippen molar-refractivity contribution < 1.29 is 4.74 Å². The second-order valence-corrected chi connectivity index (χ2v) is 4.36. The number of hydrogen-bond donors (Lipinski definition) is 1. The molecule has 0 unspecified atom stereocenters. The monoisotopic (exact) mass is 257 g/mol. The van der Waals surface area contributed by atoms with E-state index in [0.717, 1.165) is 31.3 Å². The normalized spacial score (nSPS) is 10.1. The van der Waals surface area contributed by atoms with Crippen molar-refractivity contribution in [1.82, 2.24) is 10.2 Å². The Balaban J connectivity index is 3.86. The summed E-state index contributed by atoms with van der Waals surface area (Å²) in [7, 11) is 0. The molecule has 0 amide bonds. The molecule has 1 N–H and O–H groups in total.